The van der Waals surface area contributed by atoms with Crippen LogP contribution in [0.1, 0.15) is 40.4 Å². The molecule has 3 heteroatoms. The van der Waals surface area contributed by atoms with Crippen molar-refractivity contribution in [2.45, 2.75) is 34.1 Å². The number of hydrogen-bond acceptors (Lipinski definition) is 3. The molecule has 25 heavy (non-hydrogen) atoms. The smallest absolute Gasteiger partial charge is 0.338 e. The van der Waals surface area contributed by atoms with Crippen LogP contribution in [-0.4, -0.2) is 17.6 Å². The number of ether oxygens (including phenoxy) is 1. The Bertz CT molecular complexity index is 927. The molecule has 3 rings (SSSR count). The van der Waals surface area contributed by atoms with E-state index in [0.29, 0.717) is 12.2 Å². The van der Waals surface area contributed by atoms with Gasteiger partial charge in [-0.2, -0.15) is 0 Å². The van der Waals surface area contributed by atoms with Crippen molar-refractivity contribution >= 4 is 16.9 Å². The molecule has 0 fully saturated rings. The summed E-state index contributed by atoms with van der Waals surface area (Å²) >= 11 is 0. The van der Waals surface area contributed by atoms with Gasteiger partial charge in [-0.15, -0.1) is 0 Å². The average molecular weight is 333 g/mol. The Morgan fingerprint density at radius 1 is 1.00 bits per heavy atom. The Labute approximate surface area is 148 Å². The maximum absolute atomic E-state index is 12.6. The molecule has 2 aromatic carbocycles. The van der Waals surface area contributed by atoms with Gasteiger partial charge < -0.3 is 4.74 Å². The summed E-state index contributed by atoms with van der Waals surface area (Å²) in [6.07, 6.45) is 0.803. The number of aryl methyl sites for hydroxylation is 3. The molecule has 0 aliphatic rings. The molecule has 0 unspecified atom stereocenters. The third kappa shape index (κ3) is 3.55. The maximum Gasteiger partial charge on any atom is 0.338 e. The first-order chi connectivity index (χ1) is 12.0. The highest BCUT2D eigenvalue weighted by Gasteiger charge is 2.16. The lowest BCUT2D eigenvalue weighted by Crippen LogP contribution is -2.08. The molecule has 1 heterocycles. The standard InChI is InChI=1S/C22H23NO2/c1-5-10-25-22(24)19-13-20(17-8-6-14(2)7-9-17)23-21-16(4)11-15(3)12-18(19)21/h6-9,11-13H,5,10H2,1-4H3. The van der Waals surface area contributed by atoms with E-state index in [2.05, 4.69) is 25.1 Å². The first-order valence-corrected chi connectivity index (χ1v) is 8.65. The van der Waals surface area contributed by atoms with E-state index in [-0.39, 0.29) is 5.97 Å². The number of carbonyl (C=O) groups is 1. The molecule has 0 aliphatic heterocycles. The second-order valence-electron chi connectivity index (χ2n) is 6.53. The minimum absolute atomic E-state index is 0.285. The minimum Gasteiger partial charge on any atom is -0.462 e. The van der Waals surface area contributed by atoms with Gasteiger partial charge in [-0.3, -0.25) is 0 Å². The first-order valence-electron chi connectivity index (χ1n) is 8.65. The summed E-state index contributed by atoms with van der Waals surface area (Å²) in [6.45, 7) is 8.53. The topological polar surface area (TPSA) is 39.2 Å². The van der Waals surface area contributed by atoms with Crippen molar-refractivity contribution in [2.24, 2.45) is 0 Å². The van der Waals surface area contributed by atoms with E-state index in [9.17, 15) is 4.79 Å². The van der Waals surface area contributed by atoms with Crippen LogP contribution >= 0.6 is 0 Å². The fourth-order valence-corrected chi connectivity index (χ4v) is 2.99. The van der Waals surface area contributed by atoms with Crippen LogP contribution in [0.4, 0.5) is 0 Å². The van der Waals surface area contributed by atoms with Crippen molar-refractivity contribution in [3.05, 3.63) is 64.7 Å². The van der Waals surface area contributed by atoms with Gasteiger partial charge in [0.2, 0.25) is 0 Å². The molecule has 0 spiro atoms. The summed E-state index contributed by atoms with van der Waals surface area (Å²) in [5.41, 5.74) is 6.60. The first kappa shape index (κ1) is 17.2. The lowest BCUT2D eigenvalue weighted by Gasteiger charge is -2.12. The SMILES string of the molecule is CCCOC(=O)c1cc(-c2ccc(C)cc2)nc2c(C)cc(C)cc12. The van der Waals surface area contributed by atoms with Gasteiger partial charge in [0, 0.05) is 10.9 Å². The lowest BCUT2D eigenvalue weighted by molar-refractivity contribution is 0.0507. The Morgan fingerprint density at radius 2 is 1.72 bits per heavy atom. The molecule has 0 amide bonds. The van der Waals surface area contributed by atoms with Crippen molar-refractivity contribution in [1.29, 1.82) is 0 Å². The van der Waals surface area contributed by atoms with E-state index >= 15 is 0 Å². The number of hydrogen-bond donors (Lipinski definition) is 0. The third-order valence-electron chi connectivity index (χ3n) is 4.25. The van der Waals surface area contributed by atoms with E-state index in [1.807, 2.05) is 45.0 Å². The Balaban J connectivity index is 2.23. The zero-order chi connectivity index (χ0) is 18.0. The van der Waals surface area contributed by atoms with E-state index < -0.39 is 0 Å². The number of nitrogens with zero attached hydrogens (tertiary/aromatic N) is 1. The van der Waals surface area contributed by atoms with Gasteiger partial charge in [0.25, 0.3) is 0 Å². The summed E-state index contributed by atoms with van der Waals surface area (Å²) in [6, 6.07) is 14.1. The van der Waals surface area contributed by atoms with Crippen LogP contribution in [0.25, 0.3) is 22.2 Å². The largest absolute Gasteiger partial charge is 0.462 e. The lowest BCUT2D eigenvalue weighted by atomic mass is 9.99. The van der Waals surface area contributed by atoms with E-state index in [4.69, 9.17) is 9.72 Å². The molecule has 0 saturated heterocycles. The quantitative estimate of drug-likeness (QED) is 0.601. The van der Waals surface area contributed by atoms with Crippen LogP contribution < -0.4 is 0 Å². The van der Waals surface area contributed by atoms with Crippen LogP contribution in [-0.2, 0) is 4.74 Å². The highest BCUT2D eigenvalue weighted by atomic mass is 16.5. The van der Waals surface area contributed by atoms with Crippen LogP contribution in [0.3, 0.4) is 0 Å². The van der Waals surface area contributed by atoms with Gasteiger partial charge in [-0.25, -0.2) is 9.78 Å². The number of carbonyl (C=O) groups excluding carboxylic acids is 1. The maximum atomic E-state index is 12.6. The fourth-order valence-electron chi connectivity index (χ4n) is 2.99. The molecular weight excluding hydrogens is 310 g/mol. The molecule has 3 nitrogen and oxygen atoms in total. The third-order valence-corrected chi connectivity index (χ3v) is 4.25. The molecule has 0 bridgehead atoms. The minimum atomic E-state index is -0.285. The molecule has 3 aromatic rings. The summed E-state index contributed by atoms with van der Waals surface area (Å²) in [5.74, 6) is -0.285. The second kappa shape index (κ2) is 7.06. The van der Waals surface area contributed by atoms with E-state index in [1.54, 1.807) is 0 Å². The summed E-state index contributed by atoms with van der Waals surface area (Å²) in [5, 5.41) is 0.856. The number of pyridine rings is 1. The van der Waals surface area contributed by atoms with Crippen molar-refractivity contribution in [3.8, 4) is 11.3 Å². The fraction of sp³-hybridized carbons (Fsp3) is 0.273. The Hall–Kier alpha value is -2.68. The van der Waals surface area contributed by atoms with Crippen LogP contribution in [0.15, 0.2) is 42.5 Å². The Kier molecular flexibility index (Phi) is 4.84. The van der Waals surface area contributed by atoms with E-state index in [0.717, 1.165) is 39.7 Å². The van der Waals surface area contributed by atoms with Crippen molar-refractivity contribution < 1.29 is 9.53 Å². The summed E-state index contributed by atoms with van der Waals surface area (Å²) in [7, 11) is 0. The molecule has 128 valence electrons. The Morgan fingerprint density at radius 3 is 2.40 bits per heavy atom. The molecule has 0 saturated carbocycles. The van der Waals surface area contributed by atoms with Crippen LogP contribution in [0.2, 0.25) is 0 Å². The van der Waals surface area contributed by atoms with Gasteiger partial charge in [-0.05, 0) is 44.9 Å². The zero-order valence-corrected chi connectivity index (χ0v) is 15.2. The molecule has 0 N–H and O–H groups in total. The number of benzene rings is 2. The predicted octanol–water partition coefficient (Wildman–Crippen LogP) is 5.39. The second-order valence-corrected chi connectivity index (χ2v) is 6.53. The highest BCUT2D eigenvalue weighted by Crippen LogP contribution is 2.28. The monoisotopic (exact) mass is 333 g/mol. The van der Waals surface area contributed by atoms with Crippen molar-refractivity contribution in [1.82, 2.24) is 4.98 Å². The van der Waals surface area contributed by atoms with Gasteiger partial charge in [-0.1, -0.05) is 48.4 Å². The summed E-state index contributed by atoms with van der Waals surface area (Å²) in [4.78, 5) is 17.5. The molecular formula is C22H23NO2. The predicted molar refractivity (Wildman–Crippen MR) is 102 cm³/mol. The van der Waals surface area contributed by atoms with E-state index in [1.165, 1.54) is 5.56 Å². The molecule has 0 atom stereocenters. The van der Waals surface area contributed by atoms with Crippen LogP contribution in [0.5, 0.6) is 0 Å². The van der Waals surface area contributed by atoms with Crippen molar-refractivity contribution in [2.75, 3.05) is 6.61 Å². The van der Waals surface area contributed by atoms with Crippen molar-refractivity contribution in [3.63, 3.8) is 0 Å². The number of esters is 1. The van der Waals surface area contributed by atoms with Gasteiger partial charge >= 0.3 is 5.97 Å². The zero-order valence-electron chi connectivity index (χ0n) is 15.2. The number of rotatable bonds is 4. The average Bonchev–Trinajstić information content (AvgIpc) is 2.59. The van der Waals surface area contributed by atoms with Crippen LogP contribution in [0, 0.1) is 20.8 Å². The highest BCUT2D eigenvalue weighted by molar-refractivity contribution is 6.05. The van der Waals surface area contributed by atoms with Gasteiger partial charge in [0.05, 0.1) is 23.4 Å². The summed E-state index contributed by atoms with van der Waals surface area (Å²) < 4.78 is 5.41. The molecule has 0 aliphatic carbocycles. The number of aromatic nitrogens is 1. The normalized spacial score (nSPS) is 10.9. The van der Waals surface area contributed by atoms with Gasteiger partial charge in [0.15, 0.2) is 0 Å². The van der Waals surface area contributed by atoms with Gasteiger partial charge in [0.1, 0.15) is 0 Å². The molecule has 0 radical (unpaired) electrons. The number of fused-ring (bicyclic) bond motifs is 1. The molecule has 1 aromatic heterocycles.